The number of nitrogens with zero attached hydrogens (tertiary/aromatic N) is 4. The standard InChI is InChI=1S/C32H34F2N4O5/c1-41-24-11-12-26(30(19-24)42-2)28-20-29(22-7-9-23(33)10-8-22)38(35-28)31(39)21-37(14-13-36-15-17-43-18-16-36)32(40)25-5-3-4-6-27(25)34/h3-12,19,29H,13-18,20-21H2,1-2H3/t29-/m0/s1. The fourth-order valence-corrected chi connectivity index (χ4v) is 5.26. The summed E-state index contributed by atoms with van der Waals surface area (Å²) in [7, 11) is 3.09. The van der Waals surface area contributed by atoms with Crippen molar-refractivity contribution in [3.63, 3.8) is 0 Å². The fourth-order valence-electron chi connectivity index (χ4n) is 5.26. The molecule has 0 saturated carbocycles. The molecule has 2 amide bonds. The smallest absolute Gasteiger partial charge is 0.262 e. The lowest BCUT2D eigenvalue weighted by atomic mass is 9.97. The maximum Gasteiger partial charge on any atom is 0.262 e. The van der Waals surface area contributed by atoms with Gasteiger partial charge >= 0.3 is 0 Å². The molecule has 1 fully saturated rings. The van der Waals surface area contributed by atoms with Crippen LogP contribution in [0, 0.1) is 11.6 Å². The Hall–Kier alpha value is -4.35. The molecule has 0 unspecified atom stereocenters. The lowest BCUT2D eigenvalue weighted by Crippen LogP contribution is -2.46. The van der Waals surface area contributed by atoms with Crippen molar-refractivity contribution < 1.29 is 32.6 Å². The number of ether oxygens (including phenoxy) is 3. The summed E-state index contributed by atoms with van der Waals surface area (Å²) in [6, 6.07) is 16.4. The molecule has 226 valence electrons. The van der Waals surface area contributed by atoms with Crippen LogP contribution in [0.2, 0.25) is 0 Å². The van der Waals surface area contributed by atoms with Gasteiger partial charge < -0.3 is 19.1 Å². The molecular formula is C32H34F2N4O5. The van der Waals surface area contributed by atoms with E-state index in [2.05, 4.69) is 4.90 Å². The summed E-state index contributed by atoms with van der Waals surface area (Å²) in [6.07, 6.45) is 0.328. The van der Waals surface area contributed by atoms with E-state index < -0.39 is 29.5 Å². The van der Waals surface area contributed by atoms with Crippen LogP contribution in [0.1, 0.15) is 33.9 Å². The van der Waals surface area contributed by atoms with Gasteiger partial charge in [-0.05, 0) is 42.0 Å². The van der Waals surface area contributed by atoms with Crippen LogP contribution in [0.5, 0.6) is 11.5 Å². The van der Waals surface area contributed by atoms with Crippen LogP contribution in [-0.2, 0) is 9.53 Å². The van der Waals surface area contributed by atoms with Gasteiger partial charge in [-0.1, -0.05) is 24.3 Å². The molecule has 3 aromatic rings. The summed E-state index contributed by atoms with van der Waals surface area (Å²) in [5.74, 6) is -0.977. The third kappa shape index (κ3) is 7.00. The quantitative estimate of drug-likeness (QED) is 0.352. The fraction of sp³-hybridized carbons (Fsp3) is 0.344. The highest BCUT2D eigenvalue weighted by Gasteiger charge is 2.36. The van der Waals surface area contributed by atoms with Gasteiger partial charge in [-0.3, -0.25) is 14.5 Å². The van der Waals surface area contributed by atoms with E-state index in [9.17, 15) is 18.4 Å². The van der Waals surface area contributed by atoms with Gasteiger partial charge in [0, 0.05) is 44.2 Å². The lowest BCUT2D eigenvalue weighted by Gasteiger charge is -2.31. The summed E-state index contributed by atoms with van der Waals surface area (Å²) >= 11 is 0. The van der Waals surface area contributed by atoms with Crippen molar-refractivity contribution in [1.29, 1.82) is 0 Å². The maximum absolute atomic E-state index is 14.7. The highest BCUT2D eigenvalue weighted by molar-refractivity contribution is 6.05. The number of rotatable bonds is 10. The molecule has 0 aliphatic carbocycles. The Bertz CT molecular complexity index is 1480. The number of benzene rings is 3. The van der Waals surface area contributed by atoms with Crippen molar-refractivity contribution in [2.75, 3.05) is 60.2 Å². The Labute approximate surface area is 249 Å². The number of hydrogen-bond acceptors (Lipinski definition) is 7. The summed E-state index contributed by atoms with van der Waals surface area (Å²) < 4.78 is 44.8. The second-order valence-electron chi connectivity index (χ2n) is 10.3. The van der Waals surface area contributed by atoms with Crippen LogP contribution in [-0.4, -0.2) is 92.5 Å². The van der Waals surface area contributed by atoms with E-state index in [1.165, 1.54) is 47.4 Å². The van der Waals surface area contributed by atoms with Crippen molar-refractivity contribution in [3.8, 4) is 11.5 Å². The SMILES string of the molecule is COc1ccc(C2=NN(C(=O)CN(CCN3CCOCC3)C(=O)c3ccccc3F)[C@H](c3ccc(F)cc3)C2)c(OC)c1. The van der Waals surface area contributed by atoms with Crippen molar-refractivity contribution in [2.45, 2.75) is 12.5 Å². The van der Waals surface area contributed by atoms with Crippen LogP contribution in [0.15, 0.2) is 71.8 Å². The maximum atomic E-state index is 14.7. The molecule has 0 bridgehead atoms. The molecule has 0 N–H and O–H groups in total. The molecular weight excluding hydrogens is 558 g/mol. The van der Waals surface area contributed by atoms with Crippen LogP contribution in [0.4, 0.5) is 8.78 Å². The molecule has 43 heavy (non-hydrogen) atoms. The minimum Gasteiger partial charge on any atom is -0.497 e. The minimum atomic E-state index is -0.659. The first-order valence-corrected chi connectivity index (χ1v) is 14.1. The van der Waals surface area contributed by atoms with Gasteiger partial charge in [-0.25, -0.2) is 13.8 Å². The van der Waals surface area contributed by atoms with Crippen molar-refractivity contribution >= 4 is 17.5 Å². The molecule has 1 saturated heterocycles. The Morgan fingerprint density at radius 3 is 2.44 bits per heavy atom. The van der Waals surface area contributed by atoms with Gasteiger partial charge in [0.15, 0.2) is 0 Å². The zero-order valence-corrected chi connectivity index (χ0v) is 24.2. The molecule has 1 atom stereocenters. The number of amides is 2. The first-order valence-electron chi connectivity index (χ1n) is 14.1. The summed E-state index contributed by atoms with van der Waals surface area (Å²) in [5, 5.41) is 6.04. The topological polar surface area (TPSA) is 83.9 Å². The first kappa shape index (κ1) is 30.1. The van der Waals surface area contributed by atoms with Gasteiger partial charge in [-0.15, -0.1) is 0 Å². The first-order chi connectivity index (χ1) is 20.9. The zero-order valence-electron chi connectivity index (χ0n) is 24.2. The largest absolute Gasteiger partial charge is 0.497 e. The van der Waals surface area contributed by atoms with Gasteiger partial charge in [0.2, 0.25) is 0 Å². The molecule has 9 nitrogen and oxygen atoms in total. The van der Waals surface area contributed by atoms with E-state index in [0.717, 1.165) is 0 Å². The number of hydrazone groups is 1. The Morgan fingerprint density at radius 2 is 1.74 bits per heavy atom. The second kappa shape index (κ2) is 13.7. The average Bonchev–Trinajstić information content (AvgIpc) is 3.49. The van der Waals surface area contributed by atoms with E-state index in [-0.39, 0.29) is 18.7 Å². The van der Waals surface area contributed by atoms with Gasteiger partial charge in [-0.2, -0.15) is 5.10 Å². The van der Waals surface area contributed by atoms with Gasteiger partial charge in [0.1, 0.15) is 29.7 Å². The Balaban J connectivity index is 1.45. The number of carbonyl (C=O) groups is 2. The molecule has 11 heteroatoms. The predicted molar refractivity (Wildman–Crippen MR) is 156 cm³/mol. The molecule has 0 spiro atoms. The number of morpholine rings is 1. The Morgan fingerprint density at radius 1 is 1.00 bits per heavy atom. The second-order valence-corrected chi connectivity index (χ2v) is 10.3. The number of halogens is 2. The zero-order chi connectivity index (χ0) is 30.3. The molecule has 2 heterocycles. The monoisotopic (exact) mass is 592 g/mol. The van der Waals surface area contributed by atoms with Gasteiger partial charge in [0.05, 0.1) is 44.8 Å². The normalized spacial score (nSPS) is 17.0. The average molecular weight is 593 g/mol. The van der Waals surface area contributed by atoms with E-state index in [4.69, 9.17) is 19.3 Å². The van der Waals surface area contributed by atoms with E-state index in [0.29, 0.717) is 67.6 Å². The van der Waals surface area contributed by atoms with E-state index >= 15 is 0 Å². The van der Waals surface area contributed by atoms with Crippen molar-refractivity contribution in [3.05, 3.63) is 95.1 Å². The number of methoxy groups -OCH3 is 2. The molecule has 3 aromatic carbocycles. The van der Waals surface area contributed by atoms with Crippen LogP contribution < -0.4 is 9.47 Å². The number of carbonyl (C=O) groups excluding carboxylic acids is 2. The molecule has 2 aliphatic rings. The third-order valence-electron chi connectivity index (χ3n) is 7.65. The van der Waals surface area contributed by atoms with Crippen LogP contribution in [0.3, 0.4) is 0 Å². The third-order valence-corrected chi connectivity index (χ3v) is 7.65. The lowest BCUT2D eigenvalue weighted by molar-refractivity contribution is -0.133. The predicted octanol–water partition coefficient (Wildman–Crippen LogP) is 4.13. The van der Waals surface area contributed by atoms with Crippen LogP contribution >= 0.6 is 0 Å². The van der Waals surface area contributed by atoms with Crippen LogP contribution in [0.25, 0.3) is 0 Å². The molecule has 2 aliphatic heterocycles. The molecule has 0 radical (unpaired) electrons. The van der Waals surface area contributed by atoms with E-state index in [1.54, 1.807) is 37.4 Å². The molecule has 5 rings (SSSR count). The summed E-state index contributed by atoms with van der Waals surface area (Å²) in [6.45, 7) is 2.94. The minimum absolute atomic E-state index is 0.110. The van der Waals surface area contributed by atoms with E-state index in [1.807, 2.05) is 6.07 Å². The number of hydrogen-bond donors (Lipinski definition) is 0. The highest BCUT2D eigenvalue weighted by Crippen LogP contribution is 2.36. The van der Waals surface area contributed by atoms with Gasteiger partial charge in [0.25, 0.3) is 11.8 Å². The highest BCUT2D eigenvalue weighted by atomic mass is 19.1. The summed E-state index contributed by atoms with van der Waals surface area (Å²) in [5.41, 5.74) is 1.84. The summed E-state index contributed by atoms with van der Waals surface area (Å²) in [4.78, 5) is 31.1. The molecule has 0 aromatic heterocycles. The van der Waals surface area contributed by atoms with Crippen molar-refractivity contribution in [2.24, 2.45) is 5.10 Å². The Kier molecular flexibility index (Phi) is 9.63. The van der Waals surface area contributed by atoms with Crippen molar-refractivity contribution in [1.82, 2.24) is 14.8 Å².